The second kappa shape index (κ2) is 7.07. The van der Waals surface area contributed by atoms with Crippen molar-refractivity contribution in [1.82, 2.24) is 5.32 Å². The molecule has 0 aromatic heterocycles. The van der Waals surface area contributed by atoms with E-state index in [-0.39, 0.29) is 0 Å². The number of ether oxygens (including phenoxy) is 1. The van der Waals surface area contributed by atoms with E-state index in [1.165, 1.54) is 10.5 Å². The van der Waals surface area contributed by atoms with E-state index in [4.69, 9.17) is 4.74 Å². The molecule has 1 aromatic carbocycles. The van der Waals surface area contributed by atoms with Crippen LogP contribution >= 0.6 is 11.8 Å². The van der Waals surface area contributed by atoms with Crippen LogP contribution in [0.25, 0.3) is 0 Å². The van der Waals surface area contributed by atoms with Gasteiger partial charge in [-0.1, -0.05) is 18.2 Å². The highest BCUT2D eigenvalue weighted by atomic mass is 32.2. The molecule has 5 heteroatoms. The van der Waals surface area contributed by atoms with Gasteiger partial charge >= 0.3 is 0 Å². The lowest BCUT2D eigenvalue weighted by Gasteiger charge is -2.10. The average Bonchev–Trinajstić information content (AvgIpc) is 2.75. The molecule has 0 saturated heterocycles. The van der Waals surface area contributed by atoms with Gasteiger partial charge in [-0.15, -0.1) is 11.8 Å². The first-order valence-corrected chi connectivity index (χ1v) is 6.95. The van der Waals surface area contributed by atoms with E-state index in [2.05, 4.69) is 29.6 Å². The van der Waals surface area contributed by atoms with E-state index in [1.807, 2.05) is 11.8 Å². The third kappa shape index (κ3) is 4.23. The first kappa shape index (κ1) is 13.8. The normalized spacial score (nSPS) is 18.3. The number of halogens is 2. The van der Waals surface area contributed by atoms with E-state index in [1.54, 1.807) is 0 Å². The topological polar surface area (TPSA) is 21.3 Å². The third-order valence-corrected chi connectivity index (χ3v) is 4.07. The molecule has 18 heavy (non-hydrogen) atoms. The fraction of sp³-hybridized carbons (Fsp3) is 0.538. The number of thioether (sulfide) groups is 1. The molecule has 0 aliphatic carbocycles. The highest BCUT2D eigenvalue weighted by Crippen LogP contribution is 2.36. The number of hydrogen-bond acceptors (Lipinski definition) is 3. The largest absolute Gasteiger partial charge is 0.374 e. The molecule has 0 saturated carbocycles. The summed E-state index contributed by atoms with van der Waals surface area (Å²) in [6.45, 7) is 1.39. The number of fused-ring (bicyclic) bond motifs is 1. The van der Waals surface area contributed by atoms with Gasteiger partial charge in [0.05, 0.1) is 6.61 Å². The molecular formula is C13H17F2NOS. The van der Waals surface area contributed by atoms with Crippen LogP contribution in [0.2, 0.25) is 0 Å². The van der Waals surface area contributed by atoms with E-state index < -0.39 is 13.0 Å². The van der Waals surface area contributed by atoms with Crippen molar-refractivity contribution in [2.75, 3.05) is 26.3 Å². The maximum atomic E-state index is 11.8. The molecule has 0 fully saturated rings. The summed E-state index contributed by atoms with van der Waals surface area (Å²) in [4.78, 5) is 1.36. The van der Waals surface area contributed by atoms with Gasteiger partial charge in [-0.2, -0.15) is 0 Å². The molecule has 100 valence electrons. The maximum Gasteiger partial charge on any atom is 0.261 e. The van der Waals surface area contributed by atoms with E-state index in [9.17, 15) is 8.78 Å². The molecule has 2 rings (SSSR count). The second-order valence-corrected chi connectivity index (χ2v) is 5.56. The van der Waals surface area contributed by atoms with Crippen LogP contribution < -0.4 is 5.32 Å². The number of nitrogens with one attached hydrogen (secondary N) is 1. The van der Waals surface area contributed by atoms with E-state index in [0.29, 0.717) is 18.4 Å². The van der Waals surface area contributed by atoms with Crippen molar-refractivity contribution in [2.45, 2.75) is 23.0 Å². The molecule has 1 unspecified atom stereocenters. The van der Waals surface area contributed by atoms with Gasteiger partial charge in [0.2, 0.25) is 0 Å². The highest BCUT2D eigenvalue weighted by molar-refractivity contribution is 8.00. The van der Waals surface area contributed by atoms with E-state index >= 15 is 0 Å². The molecule has 2 nitrogen and oxygen atoms in total. The summed E-state index contributed by atoms with van der Waals surface area (Å²) in [6.07, 6.45) is -1.30. The van der Waals surface area contributed by atoms with Crippen molar-refractivity contribution in [1.29, 1.82) is 0 Å². The van der Waals surface area contributed by atoms with Crippen molar-refractivity contribution in [3.63, 3.8) is 0 Å². The average molecular weight is 273 g/mol. The molecule has 1 heterocycles. The first-order chi connectivity index (χ1) is 8.75. The van der Waals surface area contributed by atoms with Crippen molar-refractivity contribution in [2.24, 2.45) is 0 Å². The second-order valence-electron chi connectivity index (χ2n) is 4.22. The standard InChI is InChI=1S/C13H17F2NOS/c14-13(15)9-17-6-5-16-8-11-7-10-3-1-2-4-12(10)18-11/h1-4,11,13,16H,5-9H2. The zero-order valence-corrected chi connectivity index (χ0v) is 10.9. The SMILES string of the molecule is FC(F)COCCNCC1Cc2ccccc2S1. The predicted molar refractivity (Wildman–Crippen MR) is 69.5 cm³/mol. The van der Waals surface area contributed by atoms with E-state index in [0.717, 1.165) is 13.0 Å². The quantitative estimate of drug-likeness (QED) is 0.772. The Labute approximate surface area is 110 Å². The zero-order chi connectivity index (χ0) is 12.8. The monoisotopic (exact) mass is 273 g/mol. The van der Waals surface area contributed by atoms with Crippen LogP contribution in [0.15, 0.2) is 29.2 Å². The lowest BCUT2D eigenvalue weighted by Crippen LogP contribution is -2.28. The molecule has 0 bridgehead atoms. The van der Waals surface area contributed by atoms with Crippen LogP contribution in [-0.2, 0) is 11.2 Å². The Kier molecular flexibility index (Phi) is 5.41. The van der Waals surface area contributed by atoms with Gasteiger partial charge in [0.25, 0.3) is 6.43 Å². The van der Waals surface area contributed by atoms with Gasteiger partial charge in [-0.3, -0.25) is 0 Å². The summed E-state index contributed by atoms with van der Waals surface area (Å²) in [7, 11) is 0. The maximum absolute atomic E-state index is 11.8. The van der Waals surface area contributed by atoms with Crippen LogP contribution in [0.5, 0.6) is 0 Å². The molecule has 1 aliphatic rings. The first-order valence-electron chi connectivity index (χ1n) is 6.07. The minimum Gasteiger partial charge on any atom is -0.374 e. The Morgan fingerprint density at radius 3 is 3.00 bits per heavy atom. The van der Waals surface area contributed by atoms with Crippen LogP contribution in [0.4, 0.5) is 8.78 Å². The molecule has 0 amide bonds. The fourth-order valence-corrected chi connectivity index (χ4v) is 3.23. The van der Waals surface area contributed by atoms with Gasteiger partial charge in [0, 0.05) is 23.2 Å². The molecule has 1 aliphatic heterocycles. The summed E-state index contributed by atoms with van der Waals surface area (Å²) >= 11 is 1.88. The number of rotatable bonds is 7. The summed E-state index contributed by atoms with van der Waals surface area (Å²) in [5.41, 5.74) is 1.41. The van der Waals surface area contributed by atoms with Gasteiger partial charge in [-0.05, 0) is 18.1 Å². The van der Waals surface area contributed by atoms with Crippen molar-refractivity contribution in [3.05, 3.63) is 29.8 Å². The summed E-state index contributed by atoms with van der Waals surface area (Å²) in [5.74, 6) is 0. The number of hydrogen-bond donors (Lipinski definition) is 1. The third-order valence-electron chi connectivity index (χ3n) is 2.75. The molecule has 1 N–H and O–H groups in total. The molecular weight excluding hydrogens is 256 g/mol. The minimum absolute atomic E-state index is 0.342. The number of benzene rings is 1. The fourth-order valence-electron chi connectivity index (χ4n) is 1.95. The lowest BCUT2D eigenvalue weighted by molar-refractivity contribution is 0.0188. The smallest absolute Gasteiger partial charge is 0.261 e. The number of alkyl halides is 2. The summed E-state index contributed by atoms with van der Waals surface area (Å²) < 4.78 is 28.4. The Morgan fingerprint density at radius 2 is 2.22 bits per heavy atom. The van der Waals surface area contributed by atoms with Crippen LogP contribution in [0.1, 0.15) is 5.56 Å². The lowest BCUT2D eigenvalue weighted by atomic mass is 10.1. The molecule has 1 atom stereocenters. The Bertz CT molecular complexity index is 351. The summed E-state index contributed by atoms with van der Waals surface area (Å²) in [5, 5.41) is 3.78. The molecule has 0 spiro atoms. The zero-order valence-electron chi connectivity index (χ0n) is 10.1. The molecule has 1 aromatic rings. The highest BCUT2D eigenvalue weighted by Gasteiger charge is 2.20. The van der Waals surface area contributed by atoms with Crippen molar-refractivity contribution >= 4 is 11.8 Å². The van der Waals surface area contributed by atoms with Crippen LogP contribution in [0, 0.1) is 0 Å². The van der Waals surface area contributed by atoms with Gasteiger partial charge < -0.3 is 10.1 Å². The Morgan fingerprint density at radius 1 is 1.39 bits per heavy atom. The van der Waals surface area contributed by atoms with Gasteiger partial charge in [0.15, 0.2) is 0 Å². The van der Waals surface area contributed by atoms with Crippen molar-refractivity contribution < 1.29 is 13.5 Å². The van der Waals surface area contributed by atoms with Crippen LogP contribution in [0.3, 0.4) is 0 Å². The summed E-state index contributed by atoms with van der Waals surface area (Å²) in [6, 6.07) is 8.42. The molecule has 0 radical (unpaired) electrons. The van der Waals surface area contributed by atoms with Gasteiger partial charge in [0.1, 0.15) is 6.61 Å². The minimum atomic E-state index is -2.37. The Balaban J connectivity index is 1.57. The van der Waals surface area contributed by atoms with Gasteiger partial charge in [-0.25, -0.2) is 8.78 Å². The van der Waals surface area contributed by atoms with Crippen LogP contribution in [-0.4, -0.2) is 38.0 Å². The Hall–Kier alpha value is -0.650. The van der Waals surface area contributed by atoms with Crippen molar-refractivity contribution in [3.8, 4) is 0 Å². The predicted octanol–water partition coefficient (Wildman–Crippen LogP) is 2.57.